The van der Waals surface area contributed by atoms with Crippen molar-refractivity contribution in [3.8, 4) is 40.2 Å². The summed E-state index contributed by atoms with van der Waals surface area (Å²) >= 11 is 13.4. The molecule has 0 saturated carbocycles. The van der Waals surface area contributed by atoms with Crippen LogP contribution in [0.25, 0.3) is 11.1 Å². The highest BCUT2D eigenvalue weighted by atomic mass is 35.5. The second kappa shape index (κ2) is 22.8. The summed E-state index contributed by atoms with van der Waals surface area (Å²) in [6, 6.07) is 22.5. The van der Waals surface area contributed by atoms with Gasteiger partial charge in [0.25, 0.3) is 0 Å². The molecule has 62 heavy (non-hydrogen) atoms. The van der Waals surface area contributed by atoms with E-state index in [0.29, 0.717) is 56.3 Å². The second-order valence-electron chi connectivity index (χ2n) is 14.5. The fourth-order valence-electron chi connectivity index (χ4n) is 6.63. The van der Waals surface area contributed by atoms with E-state index in [1.165, 1.54) is 13.3 Å². The summed E-state index contributed by atoms with van der Waals surface area (Å²) in [5, 5.41) is 53.9. The van der Waals surface area contributed by atoms with Crippen LogP contribution >= 0.6 is 23.2 Å². The summed E-state index contributed by atoms with van der Waals surface area (Å²) in [6.07, 6.45) is 0.181. The number of rotatable bonds is 23. The summed E-state index contributed by atoms with van der Waals surface area (Å²) < 4.78 is 24.3. The average molecular weight is 888 g/mol. The summed E-state index contributed by atoms with van der Waals surface area (Å²) in [7, 11) is 1.53. The summed E-state index contributed by atoms with van der Waals surface area (Å²) in [6.45, 7) is 5.18. The van der Waals surface area contributed by atoms with Crippen molar-refractivity contribution in [2.45, 2.75) is 71.8 Å². The number of benzene rings is 4. The van der Waals surface area contributed by atoms with Crippen molar-refractivity contribution in [3.63, 3.8) is 0 Å². The molecule has 5 aromatic rings. The van der Waals surface area contributed by atoms with E-state index >= 15 is 0 Å². The molecule has 0 spiro atoms. The van der Waals surface area contributed by atoms with Crippen LogP contribution in [0.1, 0.15) is 57.3 Å². The minimum Gasteiger partial charge on any atom is -0.496 e. The third-order valence-electron chi connectivity index (χ3n) is 9.93. The monoisotopic (exact) mass is 886 g/mol. The molecular weight excluding hydrogens is 839 g/mol. The van der Waals surface area contributed by atoms with Crippen molar-refractivity contribution < 1.29 is 49.0 Å². The molecular formula is C46H48Cl2N4O10. The van der Waals surface area contributed by atoms with Crippen LogP contribution in [0, 0.1) is 25.2 Å². The van der Waals surface area contributed by atoms with Gasteiger partial charge < -0.3 is 50.0 Å². The van der Waals surface area contributed by atoms with Crippen LogP contribution < -0.4 is 29.6 Å². The van der Waals surface area contributed by atoms with Gasteiger partial charge in [0, 0.05) is 67.4 Å². The molecule has 0 saturated heterocycles. The number of aromatic nitrogens is 1. The second-order valence-corrected chi connectivity index (χ2v) is 15.3. The van der Waals surface area contributed by atoms with Crippen LogP contribution in [0.15, 0.2) is 79.1 Å². The predicted octanol–water partition coefficient (Wildman–Crippen LogP) is 7.14. The van der Waals surface area contributed by atoms with E-state index in [4.69, 9.17) is 52.4 Å². The van der Waals surface area contributed by atoms with E-state index < -0.39 is 30.6 Å². The number of nitrogens with zero attached hydrogens (tertiary/aromatic N) is 2. The number of hydrogen-bond acceptors (Lipinski definition) is 12. The molecule has 16 heteroatoms. The van der Waals surface area contributed by atoms with Crippen molar-refractivity contribution in [3.05, 3.63) is 134 Å². The van der Waals surface area contributed by atoms with Gasteiger partial charge >= 0.3 is 11.9 Å². The van der Waals surface area contributed by atoms with Gasteiger partial charge in [-0.05, 0) is 65.4 Å². The Kier molecular flexibility index (Phi) is 17.3. The normalized spacial score (nSPS) is 12.0. The van der Waals surface area contributed by atoms with Gasteiger partial charge in [-0.15, -0.1) is 0 Å². The first-order chi connectivity index (χ1) is 29.8. The Morgan fingerprint density at radius 1 is 0.694 bits per heavy atom. The number of aliphatic hydroxyl groups excluding tert-OH is 2. The number of carbonyl (C=O) groups is 2. The lowest BCUT2D eigenvalue weighted by Crippen LogP contribution is -2.28. The van der Waals surface area contributed by atoms with Crippen LogP contribution in [-0.2, 0) is 42.5 Å². The molecule has 4 aromatic carbocycles. The number of carboxylic acids is 2. The minimum absolute atomic E-state index is 0.0324. The van der Waals surface area contributed by atoms with Gasteiger partial charge in [0.2, 0.25) is 0 Å². The van der Waals surface area contributed by atoms with E-state index in [0.717, 1.165) is 38.9 Å². The van der Waals surface area contributed by atoms with Gasteiger partial charge in [-0.25, -0.2) is 0 Å². The topological polar surface area (TPSA) is 213 Å². The largest absolute Gasteiger partial charge is 0.496 e. The third kappa shape index (κ3) is 13.3. The smallest absolute Gasteiger partial charge is 0.306 e. The number of halogens is 2. The number of aliphatic hydroxyl groups is 2. The van der Waals surface area contributed by atoms with Gasteiger partial charge in [-0.1, -0.05) is 59.6 Å². The number of hydrogen-bond donors (Lipinski definition) is 6. The first kappa shape index (κ1) is 47.1. The summed E-state index contributed by atoms with van der Waals surface area (Å²) in [5.41, 5.74) is 8.32. The number of nitrogens with one attached hydrogen (secondary N) is 2. The Hall–Kier alpha value is -5.92. The number of carboxylic acid groups (broad SMARTS) is 2. The number of aliphatic carboxylic acids is 2. The molecule has 0 bridgehead atoms. The van der Waals surface area contributed by atoms with Crippen molar-refractivity contribution >= 4 is 35.1 Å². The molecule has 0 aliphatic carbocycles. The molecule has 326 valence electrons. The maximum Gasteiger partial charge on any atom is 0.306 e. The number of pyridine rings is 1. The van der Waals surface area contributed by atoms with Crippen molar-refractivity contribution in [2.75, 3.05) is 20.2 Å². The van der Waals surface area contributed by atoms with Crippen molar-refractivity contribution in [2.24, 2.45) is 0 Å². The van der Waals surface area contributed by atoms with Crippen LogP contribution in [-0.4, -0.2) is 69.8 Å². The Labute approximate surface area is 369 Å². The molecule has 1 heterocycles. The molecule has 6 N–H and O–H groups in total. The van der Waals surface area contributed by atoms with Crippen LogP contribution in [0.5, 0.6) is 23.0 Å². The SMILES string of the molecule is COc1cc(OCc2cccc(-c3cccc(COc4cc(OCc5cncc(C#N)c5)c(CNC[C@@H](O)CC(=O)O)cc4Cl)c3C)c2C)c(Cl)cc1CNC[C@@H](O)CC(=O)O. The van der Waals surface area contributed by atoms with Crippen LogP contribution in [0.2, 0.25) is 10.0 Å². The highest BCUT2D eigenvalue weighted by Crippen LogP contribution is 2.37. The van der Waals surface area contributed by atoms with Crippen molar-refractivity contribution in [1.29, 1.82) is 5.26 Å². The van der Waals surface area contributed by atoms with Gasteiger partial charge in [0.05, 0.1) is 47.8 Å². The van der Waals surface area contributed by atoms with Gasteiger partial charge in [-0.2, -0.15) is 5.26 Å². The summed E-state index contributed by atoms with van der Waals surface area (Å²) in [4.78, 5) is 26.0. The lowest BCUT2D eigenvalue weighted by atomic mass is 9.92. The molecule has 5 rings (SSSR count). The highest BCUT2D eigenvalue weighted by molar-refractivity contribution is 6.32. The Balaban J connectivity index is 1.30. The minimum atomic E-state index is -1.11. The molecule has 1 aromatic heterocycles. The fourth-order valence-corrected chi connectivity index (χ4v) is 7.11. The van der Waals surface area contributed by atoms with Gasteiger partial charge in [0.15, 0.2) is 0 Å². The molecule has 14 nitrogen and oxygen atoms in total. The molecule has 0 amide bonds. The number of ether oxygens (including phenoxy) is 4. The van der Waals surface area contributed by atoms with E-state index in [9.17, 15) is 25.1 Å². The standard InChI is InChI=1S/C46H48Cl2N4O10/c1-27-31(25-61-43-15-41(59-3)33(11-39(43)47)20-51-22-35(53)13-45(55)56)6-4-8-37(27)38-9-5-7-32(28(38)2)26-62-44-16-42(60-24-30-10-29(17-49)18-50-19-30)34(12-40(44)48)21-52-23-36(54)14-46(57)58/h4-12,15-16,18-19,35-36,51-54H,13-14,20-26H2,1-3H3,(H,55,56)(H,57,58)/t35-,36-/m0/s1. The molecule has 0 aliphatic rings. The fraction of sp³-hybridized carbons (Fsp3) is 0.304. The van der Waals surface area contributed by atoms with E-state index in [1.807, 2.05) is 50.2 Å². The molecule has 0 fully saturated rings. The Morgan fingerprint density at radius 3 is 1.66 bits per heavy atom. The van der Waals surface area contributed by atoms with E-state index in [-0.39, 0.29) is 45.9 Å². The van der Waals surface area contributed by atoms with Crippen LogP contribution in [0.4, 0.5) is 0 Å². The molecule has 0 unspecified atom stereocenters. The zero-order valence-electron chi connectivity index (χ0n) is 34.4. The first-order valence-electron chi connectivity index (χ1n) is 19.6. The Bertz CT molecular complexity index is 2410. The highest BCUT2D eigenvalue weighted by Gasteiger charge is 2.18. The third-order valence-corrected chi connectivity index (χ3v) is 10.5. The first-order valence-corrected chi connectivity index (χ1v) is 20.3. The zero-order chi connectivity index (χ0) is 44.8. The molecule has 0 aliphatic heterocycles. The zero-order valence-corrected chi connectivity index (χ0v) is 35.9. The van der Waals surface area contributed by atoms with Crippen molar-refractivity contribution in [1.82, 2.24) is 15.6 Å². The van der Waals surface area contributed by atoms with E-state index in [2.05, 4.69) is 21.7 Å². The summed E-state index contributed by atoms with van der Waals surface area (Å²) in [5.74, 6) is -0.435. The number of methoxy groups -OCH3 is 1. The van der Waals surface area contributed by atoms with Crippen LogP contribution in [0.3, 0.4) is 0 Å². The lowest BCUT2D eigenvalue weighted by molar-refractivity contribution is -0.140. The maximum atomic E-state index is 11.0. The van der Waals surface area contributed by atoms with Gasteiger partial charge in [-0.3, -0.25) is 14.6 Å². The quantitative estimate of drug-likeness (QED) is 0.0385. The molecule has 0 radical (unpaired) electrons. The predicted molar refractivity (Wildman–Crippen MR) is 233 cm³/mol. The molecule has 2 atom stereocenters. The lowest BCUT2D eigenvalue weighted by Gasteiger charge is -2.19. The maximum absolute atomic E-state index is 11.0. The Morgan fingerprint density at radius 2 is 1.18 bits per heavy atom. The van der Waals surface area contributed by atoms with E-state index in [1.54, 1.807) is 36.5 Å². The average Bonchev–Trinajstić information content (AvgIpc) is 3.23. The number of nitriles is 1. The van der Waals surface area contributed by atoms with Gasteiger partial charge in [0.1, 0.15) is 48.9 Å².